The predicted octanol–water partition coefficient (Wildman–Crippen LogP) is 4.16. The summed E-state index contributed by atoms with van der Waals surface area (Å²) in [5, 5.41) is 0. The average Bonchev–Trinajstić information content (AvgIpc) is 2.36. The Hall–Kier alpha value is -0.850. The van der Waals surface area contributed by atoms with Crippen molar-refractivity contribution < 1.29 is 10.1 Å². The zero-order valence-electron chi connectivity index (χ0n) is 16.1. The number of rotatable bonds is 1. The number of aryl methyl sites for hydroxylation is 2. The minimum atomic E-state index is -2.17. The summed E-state index contributed by atoms with van der Waals surface area (Å²) >= 11 is 0. The minimum absolute atomic E-state index is 0.0815. The molecule has 0 spiro atoms. The third-order valence-corrected chi connectivity index (χ3v) is 3.88. The Labute approximate surface area is 118 Å². The first-order valence-electron chi connectivity index (χ1n) is 9.00. The Morgan fingerprint density at radius 3 is 2.50 bits per heavy atom. The summed E-state index contributed by atoms with van der Waals surface area (Å²) in [6.45, 7) is 4.20. The maximum absolute atomic E-state index is 8.89. The van der Waals surface area contributed by atoms with E-state index in [1.165, 1.54) is 0 Å². The van der Waals surface area contributed by atoms with Crippen LogP contribution < -0.4 is 4.57 Å². The molecule has 0 radical (unpaired) electrons. The van der Waals surface area contributed by atoms with Crippen molar-refractivity contribution in [3.63, 3.8) is 0 Å². The predicted molar refractivity (Wildman–Crippen MR) is 76.9 cm³/mol. The first-order valence-corrected chi connectivity index (χ1v) is 7.00. The van der Waals surface area contributed by atoms with E-state index in [1.807, 2.05) is 17.7 Å². The van der Waals surface area contributed by atoms with Crippen molar-refractivity contribution in [1.82, 2.24) is 0 Å². The van der Waals surface area contributed by atoms with Crippen LogP contribution >= 0.6 is 0 Å². The standard InChI is InChI=1S/C17H28N/c1-13-12-18(5)16(17(2,3)4)11-15(13)14-9-7-6-8-10-14/h11-12,14H,6-10H2,1-5H3/q+1/i1D3,14D. The molecule has 0 bridgehead atoms. The van der Waals surface area contributed by atoms with Crippen LogP contribution in [0.5, 0.6) is 0 Å². The molecule has 2 rings (SSSR count). The van der Waals surface area contributed by atoms with Gasteiger partial charge in [0.1, 0.15) is 7.05 Å². The highest BCUT2D eigenvalue weighted by Gasteiger charge is 2.27. The SMILES string of the molecule is [2H]C([2H])([2H])c1c[n+](C)c(C(C)(C)C)cc1C1([2H])CCCCC1. The van der Waals surface area contributed by atoms with Gasteiger partial charge in [-0.05, 0) is 31.2 Å². The van der Waals surface area contributed by atoms with Gasteiger partial charge in [0.2, 0.25) is 0 Å². The molecule has 1 aliphatic rings. The molecule has 1 aliphatic carbocycles. The number of aromatic nitrogens is 1. The van der Waals surface area contributed by atoms with Crippen molar-refractivity contribution in [3.05, 3.63) is 29.1 Å². The molecule has 0 saturated heterocycles. The highest BCUT2D eigenvalue weighted by Crippen LogP contribution is 2.35. The minimum Gasteiger partial charge on any atom is -0.204 e. The molecule has 1 saturated carbocycles. The molecule has 1 heteroatoms. The second-order valence-corrected chi connectivity index (χ2v) is 6.51. The van der Waals surface area contributed by atoms with Gasteiger partial charge in [-0.1, -0.05) is 40.0 Å². The summed E-state index contributed by atoms with van der Waals surface area (Å²) in [5.41, 5.74) is 2.06. The lowest BCUT2D eigenvalue weighted by molar-refractivity contribution is -0.682. The molecule has 0 atom stereocenters. The molecular formula is C17H28N+. The van der Waals surface area contributed by atoms with Gasteiger partial charge in [-0.15, -0.1) is 0 Å². The fraction of sp³-hybridized carbons (Fsp3) is 0.706. The van der Waals surface area contributed by atoms with Crippen LogP contribution in [0.25, 0.3) is 0 Å². The Bertz CT molecular complexity index is 549. The number of hydrogen-bond acceptors (Lipinski definition) is 0. The van der Waals surface area contributed by atoms with E-state index in [2.05, 4.69) is 20.8 Å². The van der Waals surface area contributed by atoms with Crippen LogP contribution in [-0.2, 0) is 12.5 Å². The van der Waals surface area contributed by atoms with Crippen LogP contribution in [0.2, 0.25) is 0 Å². The van der Waals surface area contributed by atoms with Gasteiger partial charge < -0.3 is 0 Å². The largest absolute Gasteiger partial charge is 0.204 e. The van der Waals surface area contributed by atoms with Crippen LogP contribution in [0.4, 0.5) is 0 Å². The van der Waals surface area contributed by atoms with Crippen LogP contribution in [0.1, 0.15) is 81.1 Å². The lowest BCUT2D eigenvalue weighted by Gasteiger charge is -2.25. The number of pyridine rings is 1. The molecule has 1 aromatic rings. The molecule has 1 fully saturated rings. The molecule has 0 aromatic carbocycles. The summed E-state index contributed by atoms with van der Waals surface area (Å²) in [6, 6.07) is 1.99. The van der Waals surface area contributed by atoms with E-state index in [9.17, 15) is 0 Å². The lowest BCUT2D eigenvalue weighted by Crippen LogP contribution is -2.40. The van der Waals surface area contributed by atoms with Crippen LogP contribution in [0.3, 0.4) is 0 Å². The summed E-state index contributed by atoms with van der Waals surface area (Å²) < 4.78 is 34.4. The Kier molecular flexibility index (Phi) is 2.55. The van der Waals surface area contributed by atoms with Crippen molar-refractivity contribution >= 4 is 0 Å². The molecule has 1 aromatic heterocycles. The molecule has 0 unspecified atom stereocenters. The first kappa shape index (κ1) is 9.12. The zero-order chi connectivity index (χ0) is 16.8. The van der Waals surface area contributed by atoms with Crippen molar-refractivity contribution in [3.8, 4) is 0 Å². The van der Waals surface area contributed by atoms with E-state index in [4.69, 9.17) is 5.48 Å². The van der Waals surface area contributed by atoms with E-state index in [0.717, 1.165) is 43.4 Å². The summed E-state index contributed by atoms with van der Waals surface area (Å²) in [7, 11) is 1.90. The normalized spacial score (nSPS) is 23.8. The highest BCUT2D eigenvalue weighted by atomic mass is 14.9. The Morgan fingerprint density at radius 1 is 1.28 bits per heavy atom. The first-order chi connectivity index (χ1) is 9.95. The molecule has 0 N–H and O–H groups in total. The van der Waals surface area contributed by atoms with Gasteiger partial charge in [0.05, 0.1) is 0 Å². The van der Waals surface area contributed by atoms with Gasteiger partial charge >= 0.3 is 0 Å². The zero-order valence-corrected chi connectivity index (χ0v) is 12.1. The lowest BCUT2D eigenvalue weighted by atomic mass is 9.80. The monoisotopic (exact) mass is 250 g/mol. The van der Waals surface area contributed by atoms with Gasteiger partial charge in [0.25, 0.3) is 0 Å². The summed E-state index contributed by atoms with van der Waals surface area (Å²) in [6.07, 6.45) is 6.41. The van der Waals surface area contributed by atoms with Crippen molar-refractivity contribution in [2.24, 2.45) is 7.05 Å². The quantitative estimate of drug-likeness (QED) is 0.659. The van der Waals surface area contributed by atoms with Gasteiger partial charge in [-0.25, -0.2) is 4.57 Å². The smallest absolute Gasteiger partial charge is 0.186 e. The van der Waals surface area contributed by atoms with Crippen LogP contribution in [0, 0.1) is 6.85 Å². The second kappa shape index (κ2) is 5.03. The third kappa shape index (κ3) is 2.76. The fourth-order valence-corrected chi connectivity index (χ4v) is 2.93. The third-order valence-electron chi connectivity index (χ3n) is 3.88. The van der Waals surface area contributed by atoms with Gasteiger partial charge in [0, 0.05) is 22.5 Å². The summed E-state index contributed by atoms with van der Waals surface area (Å²) in [5.74, 6) is -0.754. The van der Waals surface area contributed by atoms with Gasteiger partial charge in [-0.3, -0.25) is 0 Å². The van der Waals surface area contributed by atoms with Crippen molar-refractivity contribution in [1.29, 1.82) is 0 Å². The molecular weight excluding hydrogens is 218 g/mol. The van der Waals surface area contributed by atoms with E-state index in [0.29, 0.717) is 5.56 Å². The van der Waals surface area contributed by atoms with Gasteiger partial charge in [-0.2, -0.15) is 0 Å². The van der Waals surface area contributed by atoms with Gasteiger partial charge in [0.15, 0.2) is 11.9 Å². The maximum Gasteiger partial charge on any atom is 0.186 e. The Balaban J connectivity index is 2.67. The van der Waals surface area contributed by atoms with E-state index >= 15 is 0 Å². The summed E-state index contributed by atoms with van der Waals surface area (Å²) in [4.78, 5) is 0. The second-order valence-electron chi connectivity index (χ2n) is 6.51. The molecule has 0 amide bonds. The molecule has 1 heterocycles. The average molecular weight is 250 g/mol. The van der Waals surface area contributed by atoms with E-state index < -0.39 is 12.7 Å². The van der Waals surface area contributed by atoms with Crippen LogP contribution in [0.15, 0.2) is 12.3 Å². The van der Waals surface area contributed by atoms with Crippen molar-refractivity contribution in [2.45, 2.75) is 71.0 Å². The van der Waals surface area contributed by atoms with E-state index in [1.54, 1.807) is 6.20 Å². The molecule has 1 nitrogen and oxygen atoms in total. The fourth-order valence-electron chi connectivity index (χ4n) is 2.93. The number of nitrogens with zero attached hydrogens (tertiary/aromatic N) is 1. The topological polar surface area (TPSA) is 3.88 Å². The molecule has 100 valence electrons. The van der Waals surface area contributed by atoms with Crippen LogP contribution in [-0.4, -0.2) is 0 Å². The number of hydrogen-bond donors (Lipinski definition) is 0. The highest BCUT2D eigenvalue weighted by molar-refractivity contribution is 5.29. The molecule has 18 heavy (non-hydrogen) atoms. The van der Waals surface area contributed by atoms with E-state index in [-0.39, 0.29) is 5.41 Å². The Morgan fingerprint density at radius 2 is 1.94 bits per heavy atom. The molecule has 0 aliphatic heterocycles. The van der Waals surface area contributed by atoms with Crippen molar-refractivity contribution in [2.75, 3.05) is 0 Å². The maximum atomic E-state index is 8.89.